The van der Waals surface area contributed by atoms with E-state index in [9.17, 15) is 5.11 Å². The Bertz CT molecular complexity index is 338. The van der Waals surface area contributed by atoms with Crippen LogP contribution in [0.4, 0.5) is 0 Å². The summed E-state index contributed by atoms with van der Waals surface area (Å²) in [6.07, 6.45) is 0.475. The van der Waals surface area contributed by atoms with Crippen LogP contribution in [0, 0.1) is 0 Å². The highest BCUT2D eigenvalue weighted by atomic mass is 35.5. The zero-order chi connectivity index (χ0) is 12.1. The second kappa shape index (κ2) is 6.45. The molecule has 0 aliphatic heterocycles. The van der Waals surface area contributed by atoms with E-state index >= 15 is 0 Å². The monoisotopic (exact) mass is 262 g/mol. The van der Waals surface area contributed by atoms with Gasteiger partial charge in [0.05, 0.1) is 22.3 Å². The largest absolute Gasteiger partial charge is 0.390 e. The Kier molecular flexibility index (Phi) is 5.56. The molecule has 0 aromatic heterocycles. The summed E-state index contributed by atoms with van der Waals surface area (Å²) in [5.74, 6) is 0. The van der Waals surface area contributed by atoms with Gasteiger partial charge >= 0.3 is 0 Å². The molecule has 0 amide bonds. The van der Waals surface area contributed by atoms with Gasteiger partial charge in [0.1, 0.15) is 0 Å². The number of aliphatic hydroxyl groups is 1. The lowest BCUT2D eigenvalue weighted by atomic mass is 10.0. The van der Waals surface area contributed by atoms with Crippen molar-refractivity contribution in [3.05, 3.63) is 33.8 Å². The predicted octanol–water partition coefficient (Wildman–Crippen LogP) is 3.32. The van der Waals surface area contributed by atoms with Gasteiger partial charge in [0.2, 0.25) is 0 Å². The third-order valence-corrected chi connectivity index (χ3v) is 3.45. The van der Waals surface area contributed by atoms with Crippen LogP contribution >= 0.6 is 23.2 Å². The van der Waals surface area contributed by atoms with E-state index < -0.39 is 6.10 Å². The van der Waals surface area contributed by atoms with Crippen molar-refractivity contribution in [2.45, 2.75) is 32.0 Å². The summed E-state index contributed by atoms with van der Waals surface area (Å²) < 4.78 is 5.18. The third-order valence-electron chi connectivity index (χ3n) is 2.59. The van der Waals surface area contributed by atoms with Crippen molar-refractivity contribution in [2.24, 2.45) is 0 Å². The topological polar surface area (TPSA) is 29.5 Å². The summed E-state index contributed by atoms with van der Waals surface area (Å²) in [4.78, 5) is 0. The van der Waals surface area contributed by atoms with Crippen molar-refractivity contribution >= 4 is 23.2 Å². The molecule has 0 aliphatic rings. The molecule has 0 aliphatic carbocycles. The highest BCUT2D eigenvalue weighted by Gasteiger charge is 2.18. The van der Waals surface area contributed by atoms with Crippen molar-refractivity contribution in [3.63, 3.8) is 0 Å². The van der Waals surface area contributed by atoms with Crippen molar-refractivity contribution in [2.75, 3.05) is 7.11 Å². The lowest BCUT2D eigenvalue weighted by molar-refractivity contribution is -0.0128. The molecule has 90 valence electrons. The molecule has 2 atom stereocenters. The van der Waals surface area contributed by atoms with Crippen LogP contribution in [0.3, 0.4) is 0 Å². The fourth-order valence-electron chi connectivity index (χ4n) is 1.66. The first-order valence-corrected chi connectivity index (χ1v) is 5.99. The molecular formula is C12H16Cl2O2. The van der Waals surface area contributed by atoms with Crippen LogP contribution in [-0.2, 0) is 11.2 Å². The molecule has 1 aromatic rings. The summed E-state index contributed by atoms with van der Waals surface area (Å²) in [7, 11) is 1.59. The number of aliphatic hydroxyl groups excluding tert-OH is 1. The number of hydrogen-bond donors (Lipinski definition) is 1. The Morgan fingerprint density at radius 1 is 1.38 bits per heavy atom. The number of hydrogen-bond acceptors (Lipinski definition) is 2. The Hall–Kier alpha value is -0.280. The SMILES string of the molecule is CCC(OC)C(O)Cc1cccc(Cl)c1Cl. The van der Waals surface area contributed by atoms with E-state index in [4.69, 9.17) is 27.9 Å². The Morgan fingerprint density at radius 2 is 2.06 bits per heavy atom. The van der Waals surface area contributed by atoms with E-state index in [-0.39, 0.29) is 6.10 Å². The smallest absolute Gasteiger partial charge is 0.0842 e. The van der Waals surface area contributed by atoms with Gasteiger partial charge < -0.3 is 9.84 Å². The minimum atomic E-state index is -0.564. The van der Waals surface area contributed by atoms with Crippen LogP contribution in [0.25, 0.3) is 0 Å². The zero-order valence-electron chi connectivity index (χ0n) is 9.41. The van der Waals surface area contributed by atoms with Crippen molar-refractivity contribution in [1.29, 1.82) is 0 Å². The summed E-state index contributed by atoms with van der Waals surface area (Å²) in [5.41, 5.74) is 0.845. The lowest BCUT2D eigenvalue weighted by Crippen LogP contribution is -2.29. The average molecular weight is 263 g/mol. The maximum atomic E-state index is 9.95. The van der Waals surface area contributed by atoms with Crippen LogP contribution in [0.5, 0.6) is 0 Å². The summed E-state index contributed by atoms with van der Waals surface area (Å²) >= 11 is 11.9. The van der Waals surface area contributed by atoms with Gasteiger partial charge in [-0.25, -0.2) is 0 Å². The van der Waals surface area contributed by atoms with Crippen LogP contribution in [-0.4, -0.2) is 24.4 Å². The van der Waals surface area contributed by atoms with E-state index in [1.165, 1.54) is 0 Å². The molecule has 0 spiro atoms. The molecule has 0 saturated carbocycles. The molecule has 2 unspecified atom stereocenters. The minimum Gasteiger partial charge on any atom is -0.390 e. The molecule has 0 fully saturated rings. The number of methoxy groups -OCH3 is 1. The summed E-state index contributed by atoms with van der Waals surface area (Å²) in [5, 5.41) is 11.0. The van der Waals surface area contributed by atoms with Crippen molar-refractivity contribution in [1.82, 2.24) is 0 Å². The predicted molar refractivity (Wildman–Crippen MR) is 67.3 cm³/mol. The van der Waals surface area contributed by atoms with Gasteiger partial charge in [0.15, 0.2) is 0 Å². The molecule has 0 radical (unpaired) electrons. The van der Waals surface area contributed by atoms with Crippen LogP contribution in [0.15, 0.2) is 18.2 Å². The molecular weight excluding hydrogens is 247 g/mol. The fourth-order valence-corrected chi connectivity index (χ4v) is 2.06. The molecule has 0 bridgehead atoms. The van der Waals surface area contributed by atoms with E-state index in [1.54, 1.807) is 13.2 Å². The quantitative estimate of drug-likeness (QED) is 0.883. The van der Waals surface area contributed by atoms with Gasteiger partial charge in [-0.3, -0.25) is 0 Å². The first-order chi connectivity index (χ1) is 7.60. The molecule has 2 nitrogen and oxygen atoms in total. The van der Waals surface area contributed by atoms with E-state index in [0.29, 0.717) is 16.5 Å². The number of rotatable bonds is 5. The number of ether oxygens (including phenoxy) is 1. The van der Waals surface area contributed by atoms with Gasteiger partial charge in [-0.1, -0.05) is 42.3 Å². The van der Waals surface area contributed by atoms with Crippen LogP contribution in [0.2, 0.25) is 10.0 Å². The molecule has 16 heavy (non-hydrogen) atoms. The fraction of sp³-hybridized carbons (Fsp3) is 0.500. The molecule has 0 saturated heterocycles. The van der Waals surface area contributed by atoms with Gasteiger partial charge in [0, 0.05) is 13.5 Å². The maximum Gasteiger partial charge on any atom is 0.0842 e. The lowest BCUT2D eigenvalue weighted by Gasteiger charge is -2.20. The highest BCUT2D eigenvalue weighted by Crippen LogP contribution is 2.27. The molecule has 1 N–H and O–H groups in total. The van der Waals surface area contributed by atoms with E-state index in [1.807, 2.05) is 19.1 Å². The Labute approximate surface area is 106 Å². The van der Waals surface area contributed by atoms with Gasteiger partial charge in [0.25, 0.3) is 0 Å². The maximum absolute atomic E-state index is 9.95. The Morgan fingerprint density at radius 3 is 2.62 bits per heavy atom. The van der Waals surface area contributed by atoms with Gasteiger partial charge in [-0.05, 0) is 18.1 Å². The second-order valence-corrected chi connectivity index (χ2v) is 4.45. The van der Waals surface area contributed by atoms with Crippen molar-refractivity contribution < 1.29 is 9.84 Å². The van der Waals surface area contributed by atoms with Crippen LogP contribution < -0.4 is 0 Å². The summed E-state index contributed by atoms with van der Waals surface area (Å²) in [6, 6.07) is 5.41. The first kappa shape index (κ1) is 13.8. The number of halogens is 2. The van der Waals surface area contributed by atoms with Gasteiger partial charge in [-0.15, -0.1) is 0 Å². The highest BCUT2D eigenvalue weighted by molar-refractivity contribution is 6.42. The number of benzene rings is 1. The standard InChI is InChI=1S/C12H16Cl2O2/c1-3-11(16-2)10(15)7-8-5-4-6-9(13)12(8)14/h4-6,10-11,15H,3,7H2,1-2H3. The first-order valence-electron chi connectivity index (χ1n) is 5.23. The van der Waals surface area contributed by atoms with E-state index in [2.05, 4.69) is 0 Å². The molecule has 0 heterocycles. The summed E-state index contributed by atoms with van der Waals surface area (Å²) in [6.45, 7) is 1.97. The molecule has 1 aromatic carbocycles. The Balaban J connectivity index is 2.76. The van der Waals surface area contributed by atoms with E-state index in [0.717, 1.165) is 12.0 Å². The normalized spacial score (nSPS) is 14.8. The van der Waals surface area contributed by atoms with Crippen LogP contribution in [0.1, 0.15) is 18.9 Å². The average Bonchev–Trinajstić information content (AvgIpc) is 2.26. The van der Waals surface area contributed by atoms with Crippen molar-refractivity contribution in [3.8, 4) is 0 Å². The minimum absolute atomic E-state index is 0.171. The molecule has 4 heteroatoms. The third kappa shape index (κ3) is 3.36. The zero-order valence-corrected chi connectivity index (χ0v) is 10.9. The van der Waals surface area contributed by atoms with Gasteiger partial charge in [-0.2, -0.15) is 0 Å². The molecule has 1 rings (SSSR count). The second-order valence-electron chi connectivity index (χ2n) is 3.67.